The molecule has 1 saturated heterocycles. The molecule has 1 aliphatic carbocycles. The van der Waals surface area contributed by atoms with Gasteiger partial charge < -0.3 is 10.4 Å². The number of piperidine rings is 1. The molecule has 2 bridgehead atoms. The van der Waals surface area contributed by atoms with Crippen LogP contribution in [0.4, 0.5) is 0 Å². The van der Waals surface area contributed by atoms with E-state index in [9.17, 15) is 5.11 Å². The van der Waals surface area contributed by atoms with Gasteiger partial charge in [-0.3, -0.25) is 0 Å². The van der Waals surface area contributed by atoms with E-state index in [4.69, 9.17) is 11.6 Å². The first-order valence-corrected chi connectivity index (χ1v) is 6.22. The molecule has 3 rings (SSSR count). The molecular formula is C13H16ClNO. The van der Waals surface area contributed by atoms with E-state index >= 15 is 0 Å². The van der Waals surface area contributed by atoms with Crippen molar-refractivity contribution in [2.75, 3.05) is 6.54 Å². The van der Waals surface area contributed by atoms with E-state index < -0.39 is 0 Å². The lowest BCUT2D eigenvalue weighted by molar-refractivity contribution is 0.249. The van der Waals surface area contributed by atoms with Crippen LogP contribution in [0.15, 0.2) is 12.1 Å². The Hall–Kier alpha value is -0.730. The summed E-state index contributed by atoms with van der Waals surface area (Å²) in [6.07, 6.45) is 3.26. The summed E-state index contributed by atoms with van der Waals surface area (Å²) in [5.74, 6) is 0.221. The van der Waals surface area contributed by atoms with Gasteiger partial charge in [0.25, 0.3) is 0 Å². The first-order chi connectivity index (χ1) is 7.60. The molecule has 86 valence electrons. The lowest BCUT2D eigenvalue weighted by Gasteiger charge is -2.45. The van der Waals surface area contributed by atoms with Gasteiger partial charge in [0.1, 0.15) is 5.75 Å². The molecule has 0 saturated carbocycles. The average Bonchev–Trinajstić information content (AvgIpc) is 2.22. The van der Waals surface area contributed by atoms with Crippen molar-refractivity contribution in [2.45, 2.75) is 37.6 Å². The van der Waals surface area contributed by atoms with Crippen LogP contribution in [0.3, 0.4) is 0 Å². The van der Waals surface area contributed by atoms with Crippen molar-refractivity contribution in [2.24, 2.45) is 0 Å². The lowest BCUT2D eigenvalue weighted by Crippen LogP contribution is -2.49. The number of nitrogens with one attached hydrogen (secondary N) is 1. The molecule has 0 aromatic heterocycles. The van der Waals surface area contributed by atoms with E-state index in [0.29, 0.717) is 11.1 Å². The fourth-order valence-corrected chi connectivity index (χ4v) is 3.75. The van der Waals surface area contributed by atoms with Gasteiger partial charge in [-0.25, -0.2) is 0 Å². The molecule has 1 aromatic rings. The van der Waals surface area contributed by atoms with Crippen LogP contribution >= 0.6 is 11.6 Å². The first kappa shape index (κ1) is 10.4. The van der Waals surface area contributed by atoms with Gasteiger partial charge in [0.2, 0.25) is 0 Å². The number of aromatic hydroxyl groups is 1. The van der Waals surface area contributed by atoms with Gasteiger partial charge in [-0.15, -0.1) is 0 Å². The summed E-state index contributed by atoms with van der Waals surface area (Å²) < 4.78 is 0. The van der Waals surface area contributed by atoms with Crippen LogP contribution in [0.25, 0.3) is 0 Å². The molecule has 1 aliphatic heterocycles. The minimum absolute atomic E-state index is 0.138. The monoisotopic (exact) mass is 237 g/mol. The van der Waals surface area contributed by atoms with E-state index in [1.54, 1.807) is 6.07 Å². The van der Waals surface area contributed by atoms with Crippen molar-refractivity contribution in [1.82, 2.24) is 5.32 Å². The highest BCUT2D eigenvalue weighted by Gasteiger charge is 2.41. The molecule has 0 radical (unpaired) electrons. The number of phenolic OH excluding ortho intramolecular Hbond substituents is 1. The number of benzene rings is 1. The topological polar surface area (TPSA) is 32.3 Å². The highest BCUT2D eigenvalue weighted by Crippen LogP contribution is 2.47. The quantitative estimate of drug-likeness (QED) is 0.727. The van der Waals surface area contributed by atoms with E-state index in [1.165, 1.54) is 11.1 Å². The molecule has 16 heavy (non-hydrogen) atoms. The van der Waals surface area contributed by atoms with E-state index in [1.807, 2.05) is 6.07 Å². The number of hydrogen-bond donors (Lipinski definition) is 2. The number of rotatable bonds is 0. The summed E-state index contributed by atoms with van der Waals surface area (Å²) in [7, 11) is 0. The summed E-state index contributed by atoms with van der Waals surface area (Å²) in [6.45, 7) is 3.32. The zero-order valence-electron chi connectivity index (χ0n) is 9.39. The van der Waals surface area contributed by atoms with Crippen LogP contribution < -0.4 is 5.32 Å². The number of phenols is 1. The Balaban J connectivity index is 2.21. The number of fused-ring (bicyclic) bond motifs is 4. The van der Waals surface area contributed by atoms with Crippen LogP contribution in [-0.2, 0) is 11.8 Å². The Bertz CT molecular complexity index is 446. The predicted molar refractivity (Wildman–Crippen MR) is 65.2 cm³/mol. The maximum absolute atomic E-state index is 9.74. The molecule has 2 N–H and O–H groups in total. The van der Waals surface area contributed by atoms with Crippen molar-refractivity contribution < 1.29 is 5.11 Å². The van der Waals surface area contributed by atoms with Crippen LogP contribution in [0.2, 0.25) is 5.02 Å². The zero-order valence-corrected chi connectivity index (χ0v) is 10.1. The fraction of sp³-hybridized carbons (Fsp3) is 0.538. The van der Waals surface area contributed by atoms with Gasteiger partial charge in [-0.1, -0.05) is 24.6 Å². The highest BCUT2D eigenvalue weighted by atomic mass is 35.5. The van der Waals surface area contributed by atoms with Gasteiger partial charge in [-0.2, -0.15) is 0 Å². The predicted octanol–water partition coefficient (Wildman–Crippen LogP) is 2.61. The summed E-state index contributed by atoms with van der Waals surface area (Å²) in [5.41, 5.74) is 2.62. The first-order valence-electron chi connectivity index (χ1n) is 5.84. The fourth-order valence-electron chi connectivity index (χ4n) is 3.33. The molecule has 0 spiro atoms. The highest BCUT2D eigenvalue weighted by molar-refractivity contribution is 6.33. The Kier molecular flexibility index (Phi) is 2.20. The van der Waals surface area contributed by atoms with Crippen molar-refractivity contribution in [3.8, 4) is 5.75 Å². The molecule has 2 atom stereocenters. The van der Waals surface area contributed by atoms with Gasteiger partial charge in [-0.05, 0) is 48.4 Å². The molecule has 3 heteroatoms. The van der Waals surface area contributed by atoms with Crippen molar-refractivity contribution in [3.63, 3.8) is 0 Å². The molecule has 0 unspecified atom stereocenters. The molecular weight excluding hydrogens is 222 g/mol. The van der Waals surface area contributed by atoms with Crippen molar-refractivity contribution in [3.05, 3.63) is 28.3 Å². The third kappa shape index (κ3) is 1.36. The smallest absolute Gasteiger partial charge is 0.134 e. The van der Waals surface area contributed by atoms with Crippen LogP contribution in [0.1, 0.15) is 30.9 Å². The summed E-state index contributed by atoms with van der Waals surface area (Å²) >= 11 is 6.28. The van der Waals surface area contributed by atoms with E-state index in [-0.39, 0.29) is 11.2 Å². The zero-order chi connectivity index (χ0) is 11.3. The molecule has 1 fully saturated rings. The Morgan fingerprint density at radius 3 is 3.12 bits per heavy atom. The van der Waals surface area contributed by atoms with Crippen LogP contribution in [0, 0.1) is 0 Å². The van der Waals surface area contributed by atoms with Gasteiger partial charge in [0.05, 0.1) is 5.02 Å². The molecule has 1 heterocycles. The Labute approximate surface area is 101 Å². The van der Waals surface area contributed by atoms with Gasteiger partial charge in [0, 0.05) is 6.04 Å². The molecule has 1 aromatic carbocycles. The largest absolute Gasteiger partial charge is 0.506 e. The normalized spacial score (nSPS) is 32.2. The molecule has 0 amide bonds. The second kappa shape index (κ2) is 3.38. The van der Waals surface area contributed by atoms with E-state index in [0.717, 1.165) is 25.8 Å². The van der Waals surface area contributed by atoms with Gasteiger partial charge >= 0.3 is 0 Å². The third-order valence-corrected chi connectivity index (χ3v) is 4.47. The standard InChI is InChI=1S/C13H16ClNO/c1-13-4-5-15-9(7-13)6-8-2-3-10(16)12(14)11(8)13/h2-3,9,15-16H,4-7H2,1H3/t9-,13-/m0/s1. The minimum atomic E-state index is 0.138. The summed E-state index contributed by atoms with van der Waals surface area (Å²) in [4.78, 5) is 0. The second-order valence-electron chi connectivity index (χ2n) is 5.30. The average molecular weight is 238 g/mol. The van der Waals surface area contributed by atoms with Crippen LogP contribution in [0.5, 0.6) is 5.75 Å². The third-order valence-electron chi connectivity index (χ3n) is 4.08. The number of halogens is 1. The van der Waals surface area contributed by atoms with E-state index in [2.05, 4.69) is 12.2 Å². The minimum Gasteiger partial charge on any atom is -0.506 e. The molecule has 2 aliphatic rings. The molecule has 2 nitrogen and oxygen atoms in total. The van der Waals surface area contributed by atoms with Crippen molar-refractivity contribution >= 4 is 11.6 Å². The SMILES string of the molecule is C[C@@]12CCN[C@@H](Cc3ccc(O)c(Cl)c31)C2. The Morgan fingerprint density at radius 2 is 2.31 bits per heavy atom. The number of hydrogen-bond acceptors (Lipinski definition) is 2. The maximum Gasteiger partial charge on any atom is 0.134 e. The lowest BCUT2D eigenvalue weighted by atomic mass is 9.65. The van der Waals surface area contributed by atoms with Crippen molar-refractivity contribution in [1.29, 1.82) is 0 Å². The Morgan fingerprint density at radius 1 is 1.50 bits per heavy atom. The maximum atomic E-state index is 9.74. The van der Waals surface area contributed by atoms with Gasteiger partial charge in [0.15, 0.2) is 0 Å². The summed E-state index contributed by atoms with van der Waals surface area (Å²) in [5, 5.41) is 13.9. The van der Waals surface area contributed by atoms with Crippen LogP contribution in [-0.4, -0.2) is 17.7 Å². The summed E-state index contributed by atoms with van der Waals surface area (Å²) in [6, 6.07) is 4.31. The second-order valence-corrected chi connectivity index (χ2v) is 5.68.